The molecule has 1 aliphatic rings. The zero-order valence-corrected chi connectivity index (χ0v) is 13.2. The van der Waals surface area contributed by atoms with Crippen molar-refractivity contribution in [3.05, 3.63) is 29.6 Å². The van der Waals surface area contributed by atoms with Crippen LogP contribution in [0.25, 0.3) is 0 Å². The van der Waals surface area contributed by atoms with E-state index < -0.39 is 5.82 Å². The fourth-order valence-electron chi connectivity index (χ4n) is 3.08. The number of hydrogen-bond donors (Lipinski definition) is 2. The number of anilines is 1. The molecule has 0 aromatic heterocycles. The van der Waals surface area contributed by atoms with Crippen LogP contribution in [0.2, 0.25) is 0 Å². The maximum absolute atomic E-state index is 13.8. The second-order valence-corrected chi connectivity index (χ2v) is 6.74. The Morgan fingerprint density at radius 3 is 2.76 bits per heavy atom. The molecule has 1 aromatic carbocycles. The first-order valence-electron chi connectivity index (χ1n) is 7.22. The normalized spacial score (nSPS) is 20.8. The van der Waals surface area contributed by atoms with Crippen molar-refractivity contribution in [1.29, 1.82) is 0 Å². The smallest absolute Gasteiger partial charge is 0.228 e. The molecule has 114 valence electrons. The summed E-state index contributed by atoms with van der Waals surface area (Å²) >= 11 is 4.88. The highest BCUT2D eigenvalue weighted by atomic mass is 32.1. The number of carbonyl (C=O) groups is 1. The first kappa shape index (κ1) is 15.9. The number of hydrogen-bond acceptors (Lipinski definition) is 2. The summed E-state index contributed by atoms with van der Waals surface area (Å²) in [5.41, 5.74) is 5.98. The van der Waals surface area contributed by atoms with Crippen LogP contribution in [0.15, 0.2) is 18.2 Å². The third-order valence-electron chi connectivity index (χ3n) is 4.34. The molecular formula is C16H21FN2OS. The zero-order chi connectivity index (χ0) is 15.6. The highest BCUT2D eigenvalue weighted by Gasteiger charge is 2.37. The van der Waals surface area contributed by atoms with Crippen LogP contribution in [-0.2, 0) is 4.79 Å². The van der Waals surface area contributed by atoms with Gasteiger partial charge in [0.25, 0.3) is 0 Å². The Hall–Kier alpha value is -1.49. The van der Waals surface area contributed by atoms with Gasteiger partial charge in [-0.1, -0.05) is 45.0 Å². The van der Waals surface area contributed by atoms with Crippen molar-refractivity contribution in [1.82, 2.24) is 0 Å². The van der Waals surface area contributed by atoms with Gasteiger partial charge in [-0.25, -0.2) is 4.39 Å². The minimum atomic E-state index is -0.511. The highest BCUT2D eigenvalue weighted by Crippen LogP contribution is 2.41. The van der Waals surface area contributed by atoms with Crippen molar-refractivity contribution < 1.29 is 9.18 Å². The van der Waals surface area contributed by atoms with Gasteiger partial charge in [0.05, 0.1) is 11.3 Å². The first-order chi connectivity index (χ1) is 9.83. The topological polar surface area (TPSA) is 55.1 Å². The quantitative estimate of drug-likeness (QED) is 0.839. The van der Waals surface area contributed by atoms with Crippen LogP contribution in [0.3, 0.4) is 0 Å². The molecule has 1 atom stereocenters. The third kappa shape index (κ3) is 3.40. The van der Waals surface area contributed by atoms with Crippen LogP contribution in [0.1, 0.15) is 45.1 Å². The molecule has 0 heterocycles. The van der Waals surface area contributed by atoms with Gasteiger partial charge in [0.1, 0.15) is 10.8 Å². The summed E-state index contributed by atoms with van der Waals surface area (Å²) in [6.45, 7) is 4.22. The van der Waals surface area contributed by atoms with Crippen LogP contribution in [0.5, 0.6) is 0 Å². The largest absolute Gasteiger partial charge is 0.389 e. The van der Waals surface area contributed by atoms with Gasteiger partial charge in [-0.2, -0.15) is 0 Å². The van der Waals surface area contributed by atoms with Crippen molar-refractivity contribution in [2.75, 3.05) is 5.32 Å². The summed E-state index contributed by atoms with van der Waals surface area (Å²) in [6.07, 6.45) is 4.08. The Labute approximate surface area is 130 Å². The van der Waals surface area contributed by atoms with Gasteiger partial charge in [-0.3, -0.25) is 4.79 Å². The number of benzene rings is 1. The van der Waals surface area contributed by atoms with E-state index in [1.807, 2.05) is 0 Å². The SMILES string of the molecule is CC1(C)CCCCC1C(=O)Nc1cccc(F)c1C(N)=S. The molecule has 1 amide bonds. The van der Waals surface area contributed by atoms with E-state index in [0.29, 0.717) is 5.69 Å². The van der Waals surface area contributed by atoms with Crippen molar-refractivity contribution in [2.24, 2.45) is 17.1 Å². The second kappa shape index (κ2) is 6.10. The van der Waals surface area contributed by atoms with Gasteiger partial charge < -0.3 is 11.1 Å². The lowest BCUT2D eigenvalue weighted by Crippen LogP contribution is -2.37. The predicted octanol–water partition coefficient (Wildman–Crippen LogP) is 3.61. The van der Waals surface area contributed by atoms with E-state index >= 15 is 0 Å². The molecule has 0 saturated heterocycles. The van der Waals surface area contributed by atoms with Crippen molar-refractivity contribution in [2.45, 2.75) is 39.5 Å². The maximum Gasteiger partial charge on any atom is 0.228 e. The molecule has 1 fully saturated rings. The zero-order valence-electron chi connectivity index (χ0n) is 12.4. The van der Waals surface area contributed by atoms with Crippen LogP contribution in [-0.4, -0.2) is 10.9 Å². The molecule has 2 rings (SSSR count). The molecule has 1 aromatic rings. The van der Waals surface area contributed by atoms with Gasteiger partial charge in [0.2, 0.25) is 5.91 Å². The molecule has 0 radical (unpaired) electrons. The number of nitrogens with two attached hydrogens (primary N) is 1. The molecule has 1 saturated carbocycles. The number of carbonyl (C=O) groups excluding carboxylic acids is 1. The van der Waals surface area contributed by atoms with E-state index in [2.05, 4.69) is 19.2 Å². The van der Waals surface area contributed by atoms with Gasteiger partial charge in [-0.05, 0) is 30.4 Å². The second-order valence-electron chi connectivity index (χ2n) is 6.30. The van der Waals surface area contributed by atoms with Crippen molar-refractivity contribution in [3.63, 3.8) is 0 Å². The minimum Gasteiger partial charge on any atom is -0.389 e. The van der Waals surface area contributed by atoms with Gasteiger partial charge in [0.15, 0.2) is 0 Å². The number of thiocarbonyl (C=S) groups is 1. The summed E-state index contributed by atoms with van der Waals surface area (Å²) in [4.78, 5) is 12.5. The van der Waals surface area contributed by atoms with Crippen LogP contribution < -0.4 is 11.1 Å². The monoisotopic (exact) mass is 308 g/mol. The summed E-state index contributed by atoms with van der Waals surface area (Å²) in [6, 6.07) is 4.46. The van der Waals surface area contributed by atoms with E-state index in [9.17, 15) is 9.18 Å². The molecule has 0 spiro atoms. The molecular weight excluding hydrogens is 287 g/mol. The molecule has 3 nitrogen and oxygen atoms in total. The molecule has 21 heavy (non-hydrogen) atoms. The first-order valence-corrected chi connectivity index (χ1v) is 7.63. The van der Waals surface area contributed by atoms with E-state index in [1.54, 1.807) is 12.1 Å². The number of halogens is 1. The Bertz CT molecular complexity index is 571. The van der Waals surface area contributed by atoms with E-state index in [4.69, 9.17) is 18.0 Å². The lowest BCUT2D eigenvalue weighted by Gasteiger charge is -2.37. The highest BCUT2D eigenvalue weighted by molar-refractivity contribution is 7.80. The summed E-state index contributed by atoms with van der Waals surface area (Å²) in [5.74, 6) is -0.667. The fraction of sp³-hybridized carbons (Fsp3) is 0.500. The standard InChI is InChI=1S/C16H21FN2OS/c1-16(2)9-4-3-6-10(16)15(20)19-12-8-5-7-11(17)13(12)14(18)21/h5,7-8,10H,3-4,6,9H2,1-2H3,(H2,18,21)(H,19,20). The average molecular weight is 308 g/mol. The van der Waals surface area contributed by atoms with Gasteiger partial charge >= 0.3 is 0 Å². The molecule has 5 heteroatoms. The molecule has 1 aliphatic carbocycles. The minimum absolute atomic E-state index is 0.0426. The van der Waals surface area contributed by atoms with Crippen LogP contribution in [0.4, 0.5) is 10.1 Å². The Morgan fingerprint density at radius 1 is 1.43 bits per heavy atom. The predicted molar refractivity (Wildman–Crippen MR) is 86.7 cm³/mol. The lowest BCUT2D eigenvalue weighted by molar-refractivity contribution is -0.124. The summed E-state index contributed by atoms with van der Waals surface area (Å²) in [7, 11) is 0. The number of nitrogens with one attached hydrogen (secondary N) is 1. The molecule has 1 unspecified atom stereocenters. The maximum atomic E-state index is 13.8. The summed E-state index contributed by atoms with van der Waals surface area (Å²) < 4.78 is 13.8. The van der Waals surface area contributed by atoms with Gasteiger partial charge in [-0.15, -0.1) is 0 Å². The summed E-state index contributed by atoms with van der Waals surface area (Å²) in [5, 5.41) is 2.81. The van der Waals surface area contributed by atoms with Gasteiger partial charge in [0, 0.05) is 5.92 Å². The Morgan fingerprint density at radius 2 is 2.14 bits per heavy atom. The molecule has 0 aliphatic heterocycles. The van der Waals surface area contributed by atoms with Crippen LogP contribution >= 0.6 is 12.2 Å². The number of rotatable bonds is 3. The Balaban J connectivity index is 2.24. The van der Waals surface area contributed by atoms with E-state index in [0.717, 1.165) is 25.7 Å². The molecule has 3 N–H and O–H groups in total. The van der Waals surface area contributed by atoms with E-state index in [1.165, 1.54) is 6.07 Å². The molecule has 0 bridgehead atoms. The Kier molecular flexibility index (Phi) is 4.61. The number of amides is 1. The van der Waals surface area contributed by atoms with Crippen molar-refractivity contribution >= 4 is 28.8 Å². The van der Waals surface area contributed by atoms with E-state index in [-0.39, 0.29) is 27.8 Å². The van der Waals surface area contributed by atoms with Crippen molar-refractivity contribution in [3.8, 4) is 0 Å². The lowest BCUT2D eigenvalue weighted by atomic mass is 9.68. The average Bonchev–Trinajstić information content (AvgIpc) is 2.37. The fourth-order valence-corrected chi connectivity index (χ4v) is 3.29. The third-order valence-corrected chi connectivity index (χ3v) is 4.55. The van der Waals surface area contributed by atoms with Crippen LogP contribution in [0, 0.1) is 17.2 Å².